The summed E-state index contributed by atoms with van der Waals surface area (Å²) in [5, 5.41) is 6.71. The van der Waals surface area contributed by atoms with Crippen molar-refractivity contribution in [2.45, 2.75) is 26.5 Å². The van der Waals surface area contributed by atoms with Gasteiger partial charge in [0.2, 0.25) is 0 Å². The van der Waals surface area contributed by atoms with Gasteiger partial charge in [-0.2, -0.15) is 0 Å². The first-order chi connectivity index (χ1) is 14.2. The van der Waals surface area contributed by atoms with Crippen LogP contribution in [0.25, 0.3) is 0 Å². The predicted octanol–water partition coefficient (Wildman–Crippen LogP) is 3.77. The molecule has 0 heterocycles. The molecule has 7 heteroatoms. The number of ether oxygens (including phenoxy) is 3. The van der Waals surface area contributed by atoms with Crippen LogP contribution in [0.3, 0.4) is 0 Å². The summed E-state index contributed by atoms with van der Waals surface area (Å²) in [4.78, 5) is 4.30. The van der Waals surface area contributed by atoms with Crippen molar-refractivity contribution in [1.29, 1.82) is 0 Å². The number of aliphatic imine (C=N–C) groups is 1. The summed E-state index contributed by atoms with van der Waals surface area (Å²) in [6.07, 6.45) is 0.916. The molecule has 0 atom stereocenters. The zero-order chi connectivity index (χ0) is 20.7. The van der Waals surface area contributed by atoms with Crippen molar-refractivity contribution in [2.24, 2.45) is 4.99 Å². The van der Waals surface area contributed by atoms with Gasteiger partial charge in [0.15, 0.2) is 5.96 Å². The molecule has 2 N–H and O–H groups in total. The van der Waals surface area contributed by atoms with Crippen LogP contribution in [0.5, 0.6) is 5.75 Å². The summed E-state index contributed by atoms with van der Waals surface area (Å²) >= 11 is 0. The molecule has 0 amide bonds. The van der Waals surface area contributed by atoms with Gasteiger partial charge in [0.25, 0.3) is 0 Å². The number of methoxy groups -OCH3 is 1. The molecule has 0 radical (unpaired) electrons. The van der Waals surface area contributed by atoms with Crippen LogP contribution in [0.15, 0.2) is 53.5 Å². The van der Waals surface area contributed by atoms with E-state index in [9.17, 15) is 0 Å². The van der Waals surface area contributed by atoms with Gasteiger partial charge in [-0.05, 0) is 42.2 Å². The quantitative estimate of drug-likeness (QED) is 0.191. The molecule has 2 rings (SSSR count). The predicted molar refractivity (Wildman–Crippen MR) is 133 cm³/mol. The van der Waals surface area contributed by atoms with Gasteiger partial charge in [-0.25, -0.2) is 0 Å². The maximum absolute atomic E-state index is 5.64. The molecule has 0 saturated heterocycles. The van der Waals surface area contributed by atoms with Crippen molar-refractivity contribution in [1.82, 2.24) is 10.6 Å². The molecule has 6 nitrogen and oxygen atoms in total. The first-order valence-corrected chi connectivity index (χ1v) is 10.1. The van der Waals surface area contributed by atoms with E-state index in [2.05, 4.69) is 52.0 Å². The van der Waals surface area contributed by atoms with Crippen LogP contribution >= 0.6 is 24.0 Å². The van der Waals surface area contributed by atoms with E-state index in [1.165, 1.54) is 11.1 Å². The van der Waals surface area contributed by atoms with Crippen LogP contribution in [0.4, 0.5) is 0 Å². The number of hydrogen-bond donors (Lipinski definition) is 2. The number of halogens is 1. The fourth-order valence-electron chi connectivity index (χ4n) is 2.81. The Morgan fingerprint density at radius 1 is 0.933 bits per heavy atom. The number of benzene rings is 2. The Hall–Kier alpha value is -1.84. The van der Waals surface area contributed by atoms with E-state index in [1.807, 2.05) is 19.1 Å². The average molecular weight is 527 g/mol. The van der Waals surface area contributed by atoms with Gasteiger partial charge in [0, 0.05) is 26.7 Å². The Labute approximate surface area is 197 Å². The monoisotopic (exact) mass is 527 g/mol. The molecule has 0 bridgehead atoms. The maximum atomic E-state index is 5.64. The number of nitrogens with one attached hydrogen (secondary N) is 2. The molecule has 2 aromatic carbocycles. The van der Waals surface area contributed by atoms with Gasteiger partial charge in [0.05, 0.1) is 26.9 Å². The number of rotatable bonds is 12. The van der Waals surface area contributed by atoms with E-state index in [1.54, 1.807) is 14.2 Å². The minimum atomic E-state index is 0. The molecule has 0 unspecified atom stereocenters. The Bertz CT molecular complexity index is 739. The van der Waals surface area contributed by atoms with Crippen LogP contribution in [0, 0.1) is 0 Å². The summed E-state index contributed by atoms with van der Waals surface area (Å²) in [5.74, 6) is 1.66. The highest BCUT2D eigenvalue weighted by Gasteiger charge is 2.01. The molecular formula is C23H34IN3O3. The van der Waals surface area contributed by atoms with Gasteiger partial charge in [-0.1, -0.05) is 36.4 Å². The minimum Gasteiger partial charge on any atom is -0.497 e. The van der Waals surface area contributed by atoms with E-state index in [-0.39, 0.29) is 24.0 Å². The van der Waals surface area contributed by atoms with Crippen molar-refractivity contribution < 1.29 is 14.2 Å². The van der Waals surface area contributed by atoms with Crippen LogP contribution < -0.4 is 15.4 Å². The third-order valence-electron chi connectivity index (χ3n) is 4.38. The fraction of sp³-hybridized carbons (Fsp3) is 0.435. The van der Waals surface area contributed by atoms with E-state index in [0.29, 0.717) is 26.4 Å². The highest BCUT2D eigenvalue weighted by Crippen LogP contribution is 2.11. The molecule has 0 aliphatic carbocycles. The Morgan fingerprint density at radius 3 is 2.37 bits per heavy atom. The summed E-state index contributed by atoms with van der Waals surface area (Å²) in [7, 11) is 3.46. The lowest BCUT2D eigenvalue weighted by Gasteiger charge is -2.13. The lowest BCUT2D eigenvalue weighted by atomic mass is 10.1. The zero-order valence-electron chi connectivity index (χ0n) is 18.1. The van der Waals surface area contributed by atoms with Crippen LogP contribution in [-0.4, -0.2) is 46.5 Å². The zero-order valence-corrected chi connectivity index (χ0v) is 20.5. The van der Waals surface area contributed by atoms with Crippen molar-refractivity contribution >= 4 is 29.9 Å². The number of guanidine groups is 1. The third-order valence-corrected chi connectivity index (χ3v) is 4.38. The van der Waals surface area contributed by atoms with E-state index in [0.717, 1.165) is 36.8 Å². The molecule has 0 aliphatic heterocycles. The lowest BCUT2D eigenvalue weighted by Crippen LogP contribution is -2.37. The summed E-state index contributed by atoms with van der Waals surface area (Å²) in [6.45, 7) is 6.06. The standard InChI is InChI=1S/C23H33N3O3.HI/c1-4-28-14-15-29-18-21-7-5-6-20(16-21)17-26-23(24-2)25-13-12-19-8-10-22(27-3)11-9-19;/h5-11,16H,4,12-15,17-18H2,1-3H3,(H2,24,25,26);1H. The van der Waals surface area contributed by atoms with Crippen molar-refractivity contribution in [3.05, 3.63) is 65.2 Å². The van der Waals surface area contributed by atoms with Gasteiger partial charge in [-0.3, -0.25) is 4.99 Å². The van der Waals surface area contributed by atoms with Crippen LogP contribution in [-0.2, 0) is 29.0 Å². The second kappa shape index (κ2) is 15.9. The van der Waals surface area contributed by atoms with Gasteiger partial charge < -0.3 is 24.8 Å². The van der Waals surface area contributed by atoms with E-state index in [4.69, 9.17) is 14.2 Å². The van der Waals surface area contributed by atoms with Gasteiger partial charge in [-0.15, -0.1) is 24.0 Å². The van der Waals surface area contributed by atoms with Gasteiger partial charge in [0.1, 0.15) is 5.75 Å². The molecule has 0 aliphatic rings. The Morgan fingerprint density at radius 2 is 1.67 bits per heavy atom. The molecule has 2 aromatic rings. The summed E-state index contributed by atoms with van der Waals surface area (Å²) in [6, 6.07) is 16.5. The molecule has 0 spiro atoms. The average Bonchev–Trinajstić information content (AvgIpc) is 2.76. The molecule has 0 saturated carbocycles. The van der Waals surface area contributed by atoms with E-state index < -0.39 is 0 Å². The molecule has 166 valence electrons. The minimum absolute atomic E-state index is 0. The second-order valence-corrected chi connectivity index (χ2v) is 6.52. The van der Waals surface area contributed by atoms with Crippen molar-refractivity contribution in [3.8, 4) is 5.75 Å². The van der Waals surface area contributed by atoms with E-state index >= 15 is 0 Å². The highest BCUT2D eigenvalue weighted by molar-refractivity contribution is 14.0. The SMILES string of the molecule is CCOCCOCc1cccc(CNC(=NC)NCCc2ccc(OC)cc2)c1.I. The van der Waals surface area contributed by atoms with Crippen molar-refractivity contribution in [3.63, 3.8) is 0 Å². The fourth-order valence-corrected chi connectivity index (χ4v) is 2.81. The summed E-state index contributed by atoms with van der Waals surface area (Å²) in [5.41, 5.74) is 3.60. The molecular weight excluding hydrogens is 493 g/mol. The maximum Gasteiger partial charge on any atom is 0.191 e. The highest BCUT2D eigenvalue weighted by atomic mass is 127. The topological polar surface area (TPSA) is 64.1 Å². The first kappa shape index (κ1) is 26.2. The van der Waals surface area contributed by atoms with Crippen LogP contribution in [0.2, 0.25) is 0 Å². The summed E-state index contributed by atoms with van der Waals surface area (Å²) < 4.78 is 16.1. The second-order valence-electron chi connectivity index (χ2n) is 6.52. The first-order valence-electron chi connectivity index (χ1n) is 10.1. The molecule has 30 heavy (non-hydrogen) atoms. The Balaban J connectivity index is 0.00000450. The van der Waals surface area contributed by atoms with Crippen LogP contribution in [0.1, 0.15) is 23.6 Å². The van der Waals surface area contributed by atoms with Gasteiger partial charge >= 0.3 is 0 Å². The molecule has 0 aromatic heterocycles. The number of hydrogen-bond acceptors (Lipinski definition) is 4. The number of nitrogens with zero attached hydrogens (tertiary/aromatic N) is 1. The van der Waals surface area contributed by atoms with Crippen molar-refractivity contribution in [2.75, 3.05) is 40.5 Å². The Kier molecular flexibility index (Phi) is 13.9. The third kappa shape index (κ3) is 10.3. The lowest BCUT2D eigenvalue weighted by molar-refractivity contribution is 0.0453. The molecule has 0 fully saturated rings. The smallest absolute Gasteiger partial charge is 0.191 e. The largest absolute Gasteiger partial charge is 0.497 e. The normalized spacial score (nSPS) is 11.0.